The third-order valence-electron chi connectivity index (χ3n) is 3.15. The quantitative estimate of drug-likeness (QED) is 0.869. The van der Waals surface area contributed by atoms with Gasteiger partial charge in [0.1, 0.15) is 6.04 Å². The van der Waals surface area contributed by atoms with E-state index in [1.54, 1.807) is 0 Å². The number of amides is 1. The van der Waals surface area contributed by atoms with Crippen molar-refractivity contribution in [3.8, 4) is 0 Å². The number of aliphatic hydroxyl groups excluding tert-OH is 1. The van der Waals surface area contributed by atoms with Gasteiger partial charge in [-0.2, -0.15) is 0 Å². The number of nitrogens with zero attached hydrogens (tertiary/aromatic N) is 1. The molecule has 1 aromatic rings. The highest BCUT2D eigenvalue weighted by atomic mass is 79.9. The van der Waals surface area contributed by atoms with Crippen LogP contribution in [0.15, 0.2) is 28.7 Å². The predicted molar refractivity (Wildman–Crippen MR) is 71.6 cm³/mol. The number of halogens is 1. The molecule has 0 aromatic heterocycles. The van der Waals surface area contributed by atoms with Crippen molar-refractivity contribution in [2.45, 2.75) is 25.0 Å². The van der Waals surface area contributed by atoms with Crippen LogP contribution in [0.3, 0.4) is 0 Å². The molecule has 102 valence electrons. The Bertz CT molecular complexity index is 488. The van der Waals surface area contributed by atoms with Gasteiger partial charge in [-0.3, -0.25) is 4.79 Å². The fourth-order valence-electron chi connectivity index (χ4n) is 2.20. The second-order valence-electron chi connectivity index (χ2n) is 4.59. The molecule has 6 heteroatoms. The lowest BCUT2D eigenvalue weighted by Gasteiger charge is -2.21. The third-order valence-corrected chi connectivity index (χ3v) is 3.68. The maximum atomic E-state index is 12.1. The molecule has 0 spiro atoms. The first-order valence-corrected chi connectivity index (χ1v) is 6.71. The Balaban J connectivity index is 2.06. The predicted octanol–water partition coefficient (Wildman–Crippen LogP) is 1.04. The van der Waals surface area contributed by atoms with E-state index in [4.69, 9.17) is 5.11 Å². The smallest absolute Gasteiger partial charge is 0.326 e. The standard InChI is InChI=1S/C13H14BrNO4/c14-9-3-1-8(2-4-9)5-12(17)15-7-10(16)6-11(15)13(18)19/h1-4,10-11,16H,5-7H2,(H,18,19)/t10-,11-/m0/s1. The zero-order valence-corrected chi connectivity index (χ0v) is 11.7. The van der Waals surface area contributed by atoms with Gasteiger partial charge in [-0.05, 0) is 17.7 Å². The fourth-order valence-corrected chi connectivity index (χ4v) is 2.47. The van der Waals surface area contributed by atoms with Crippen LogP contribution in [-0.2, 0) is 16.0 Å². The van der Waals surface area contributed by atoms with Crippen LogP contribution < -0.4 is 0 Å². The molecular weight excluding hydrogens is 314 g/mol. The highest BCUT2D eigenvalue weighted by Gasteiger charge is 2.38. The second kappa shape index (κ2) is 5.71. The molecule has 1 amide bonds. The molecule has 1 aliphatic rings. The van der Waals surface area contributed by atoms with Crippen LogP contribution in [0.4, 0.5) is 0 Å². The van der Waals surface area contributed by atoms with Crippen molar-refractivity contribution in [2.24, 2.45) is 0 Å². The second-order valence-corrected chi connectivity index (χ2v) is 5.51. The summed E-state index contributed by atoms with van der Waals surface area (Å²) in [6.45, 7) is 0.0896. The van der Waals surface area contributed by atoms with Crippen molar-refractivity contribution in [3.63, 3.8) is 0 Å². The molecule has 2 rings (SSSR count). The molecule has 1 aromatic carbocycles. The summed E-state index contributed by atoms with van der Waals surface area (Å²) in [5, 5.41) is 18.5. The van der Waals surface area contributed by atoms with E-state index in [0.717, 1.165) is 10.0 Å². The summed E-state index contributed by atoms with van der Waals surface area (Å²) in [6, 6.07) is 6.36. The van der Waals surface area contributed by atoms with Gasteiger partial charge in [0.2, 0.25) is 5.91 Å². The van der Waals surface area contributed by atoms with Crippen LogP contribution in [0.25, 0.3) is 0 Å². The van der Waals surface area contributed by atoms with Gasteiger partial charge in [-0.1, -0.05) is 28.1 Å². The molecule has 1 heterocycles. The molecule has 0 saturated carbocycles. The molecule has 1 saturated heterocycles. The van der Waals surface area contributed by atoms with Crippen LogP contribution in [0.1, 0.15) is 12.0 Å². The average molecular weight is 328 g/mol. The maximum absolute atomic E-state index is 12.1. The van der Waals surface area contributed by atoms with Gasteiger partial charge in [0.05, 0.1) is 12.5 Å². The lowest BCUT2D eigenvalue weighted by atomic mass is 10.1. The Hall–Kier alpha value is -1.40. The molecule has 1 aliphatic heterocycles. The van der Waals surface area contributed by atoms with Crippen LogP contribution in [0.2, 0.25) is 0 Å². The van der Waals surface area contributed by atoms with Crippen molar-refractivity contribution in [1.29, 1.82) is 0 Å². The van der Waals surface area contributed by atoms with Crippen LogP contribution >= 0.6 is 15.9 Å². The topological polar surface area (TPSA) is 77.8 Å². The minimum atomic E-state index is -1.07. The number of carbonyl (C=O) groups excluding carboxylic acids is 1. The summed E-state index contributed by atoms with van der Waals surface area (Å²) in [5.41, 5.74) is 0.818. The molecule has 2 N–H and O–H groups in total. The van der Waals surface area contributed by atoms with E-state index in [1.165, 1.54) is 4.90 Å². The van der Waals surface area contributed by atoms with Crippen LogP contribution in [0.5, 0.6) is 0 Å². The van der Waals surface area contributed by atoms with Gasteiger partial charge in [-0.15, -0.1) is 0 Å². The summed E-state index contributed by atoms with van der Waals surface area (Å²) < 4.78 is 0.920. The molecule has 0 unspecified atom stereocenters. The van der Waals surface area contributed by atoms with Crippen molar-refractivity contribution in [1.82, 2.24) is 4.90 Å². The van der Waals surface area contributed by atoms with Crippen molar-refractivity contribution < 1.29 is 19.8 Å². The number of β-amino-alcohol motifs (C(OH)–C–C–N with tert-alkyl or cyclic N) is 1. The number of aliphatic carboxylic acids is 1. The number of aliphatic hydroxyl groups is 1. The van der Waals surface area contributed by atoms with E-state index in [2.05, 4.69) is 15.9 Å². The number of carbonyl (C=O) groups is 2. The molecule has 2 atom stereocenters. The Labute approximate surface area is 119 Å². The Morgan fingerprint density at radius 1 is 1.32 bits per heavy atom. The lowest BCUT2D eigenvalue weighted by Crippen LogP contribution is -2.41. The van der Waals surface area contributed by atoms with Crippen molar-refractivity contribution in [3.05, 3.63) is 34.3 Å². The lowest BCUT2D eigenvalue weighted by molar-refractivity contribution is -0.148. The molecule has 0 radical (unpaired) electrons. The fraction of sp³-hybridized carbons (Fsp3) is 0.385. The average Bonchev–Trinajstić information content (AvgIpc) is 2.74. The van der Waals surface area contributed by atoms with Gasteiger partial charge in [0.15, 0.2) is 0 Å². The first kappa shape index (κ1) is 14.0. The Kier molecular flexibility index (Phi) is 4.21. The first-order chi connectivity index (χ1) is 8.97. The van der Waals surface area contributed by atoms with Crippen LogP contribution in [0, 0.1) is 0 Å². The van der Waals surface area contributed by atoms with E-state index >= 15 is 0 Å². The molecule has 0 aliphatic carbocycles. The van der Waals surface area contributed by atoms with Crippen molar-refractivity contribution >= 4 is 27.8 Å². The van der Waals surface area contributed by atoms with Gasteiger partial charge in [0.25, 0.3) is 0 Å². The highest BCUT2D eigenvalue weighted by Crippen LogP contribution is 2.20. The summed E-state index contributed by atoms with van der Waals surface area (Å²) in [5.74, 6) is -1.34. The maximum Gasteiger partial charge on any atom is 0.326 e. The molecule has 5 nitrogen and oxygen atoms in total. The number of hydrogen-bond acceptors (Lipinski definition) is 3. The van der Waals surface area contributed by atoms with E-state index in [-0.39, 0.29) is 25.3 Å². The third kappa shape index (κ3) is 3.33. The Morgan fingerprint density at radius 2 is 1.95 bits per heavy atom. The Morgan fingerprint density at radius 3 is 2.53 bits per heavy atom. The molecule has 1 fully saturated rings. The number of carboxylic acid groups (broad SMARTS) is 1. The normalized spacial score (nSPS) is 22.5. The van der Waals surface area contributed by atoms with E-state index in [1.807, 2.05) is 24.3 Å². The van der Waals surface area contributed by atoms with Crippen molar-refractivity contribution in [2.75, 3.05) is 6.54 Å². The number of carboxylic acids is 1. The number of likely N-dealkylation sites (tertiary alicyclic amines) is 1. The largest absolute Gasteiger partial charge is 0.480 e. The minimum absolute atomic E-state index is 0.0896. The zero-order chi connectivity index (χ0) is 14.0. The first-order valence-electron chi connectivity index (χ1n) is 5.92. The SMILES string of the molecule is O=C(O)[C@@H]1C[C@H](O)CN1C(=O)Cc1ccc(Br)cc1. The number of rotatable bonds is 3. The molecular formula is C13H14BrNO4. The van der Waals surface area contributed by atoms with Gasteiger partial charge < -0.3 is 15.1 Å². The number of benzene rings is 1. The summed E-state index contributed by atoms with van der Waals surface area (Å²) >= 11 is 3.31. The van der Waals surface area contributed by atoms with E-state index < -0.39 is 18.1 Å². The monoisotopic (exact) mass is 327 g/mol. The van der Waals surface area contributed by atoms with E-state index in [9.17, 15) is 14.7 Å². The molecule has 19 heavy (non-hydrogen) atoms. The van der Waals surface area contributed by atoms with Gasteiger partial charge >= 0.3 is 5.97 Å². The minimum Gasteiger partial charge on any atom is -0.480 e. The summed E-state index contributed by atoms with van der Waals surface area (Å²) in [4.78, 5) is 24.4. The number of hydrogen-bond donors (Lipinski definition) is 2. The molecule has 0 bridgehead atoms. The van der Waals surface area contributed by atoms with Gasteiger partial charge in [-0.25, -0.2) is 4.79 Å². The highest BCUT2D eigenvalue weighted by molar-refractivity contribution is 9.10. The van der Waals surface area contributed by atoms with E-state index in [0.29, 0.717) is 0 Å². The van der Waals surface area contributed by atoms with Gasteiger partial charge in [0, 0.05) is 17.4 Å². The zero-order valence-electron chi connectivity index (χ0n) is 10.1. The van der Waals surface area contributed by atoms with Crippen LogP contribution in [-0.4, -0.2) is 45.7 Å². The summed E-state index contributed by atoms with van der Waals surface area (Å²) in [7, 11) is 0. The summed E-state index contributed by atoms with van der Waals surface area (Å²) in [6.07, 6.45) is -0.513.